The Morgan fingerprint density at radius 2 is 2.00 bits per heavy atom. The molecular weight excluding hydrogens is 446 g/mol. The highest BCUT2D eigenvalue weighted by molar-refractivity contribution is 9.11. The van der Waals surface area contributed by atoms with Crippen LogP contribution in [-0.4, -0.2) is 16.6 Å². The van der Waals surface area contributed by atoms with Gasteiger partial charge in [0.2, 0.25) is 0 Å². The zero-order chi connectivity index (χ0) is 17.8. The zero-order valence-corrected chi connectivity index (χ0v) is 16.3. The van der Waals surface area contributed by atoms with Gasteiger partial charge in [0.15, 0.2) is 0 Å². The van der Waals surface area contributed by atoms with Gasteiger partial charge in [-0.15, -0.1) is 0 Å². The maximum atomic E-state index is 9.54. The van der Waals surface area contributed by atoms with E-state index in [1.165, 1.54) is 0 Å². The summed E-state index contributed by atoms with van der Waals surface area (Å²) in [7, 11) is 0. The summed E-state index contributed by atoms with van der Waals surface area (Å²) in [5.41, 5.74) is 3.03. The van der Waals surface area contributed by atoms with Gasteiger partial charge in [-0.25, -0.2) is 4.98 Å². The van der Waals surface area contributed by atoms with Crippen molar-refractivity contribution in [2.75, 3.05) is 6.61 Å². The summed E-state index contributed by atoms with van der Waals surface area (Å²) < 4.78 is 7.19. The van der Waals surface area contributed by atoms with Gasteiger partial charge in [-0.05, 0) is 67.8 Å². The molecule has 0 spiro atoms. The standard InChI is InChI=1S/C19H13Br2N3O/c1-2-7-25-18-14(20)9-12(10-15(18)21)8-13(11-22)19-23-16-5-3-4-6-17(16)24-19/h2-6,8-10H,1,7H2,(H,23,24)/b13-8+. The lowest BCUT2D eigenvalue weighted by atomic mass is 10.1. The summed E-state index contributed by atoms with van der Waals surface area (Å²) in [6, 6.07) is 13.7. The number of benzene rings is 2. The predicted octanol–water partition coefficient (Wildman–Crippen LogP) is 5.72. The minimum Gasteiger partial charge on any atom is -0.487 e. The van der Waals surface area contributed by atoms with E-state index in [1.807, 2.05) is 36.4 Å². The molecule has 0 aliphatic rings. The van der Waals surface area contributed by atoms with Crippen LogP contribution < -0.4 is 4.74 Å². The Labute approximate surface area is 162 Å². The van der Waals surface area contributed by atoms with Gasteiger partial charge in [0.25, 0.3) is 0 Å². The smallest absolute Gasteiger partial charge is 0.149 e. The van der Waals surface area contributed by atoms with Crippen LogP contribution in [-0.2, 0) is 0 Å². The quantitative estimate of drug-likeness (QED) is 0.393. The van der Waals surface area contributed by atoms with Crippen LogP contribution in [0.25, 0.3) is 22.7 Å². The highest BCUT2D eigenvalue weighted by Crippen LogP contribution is 2.35. The molecule has 1 N–H and O–H groups in total. The van der Waals surface area contributed by atoms with E-state index in [2.05, 4.69) is 54.5 Å². The second kappa shape index (κ2) is 7.68. The maximum Gasteiger partial charge on any atom is 0.149 e. The summed E-state index contributed by atoms with van der Waals surface area (Å²) in [5, 5.41) is 9.54. The number of nitrogens with zero attached hydrogens (tertiary/aromatic N) is 2. The molecular formula is C19H13Br2N3O. The van der Waals surface area contributed by atoms with Crippen LogP contribution in [0.1, 0.15) is 11.4 Å². The van der Waals surface area contributed by atoms with E-state index < -0.39 is 0 Å². The molecule has 0 atom stereocenters. The minimum atomic E-state index is 0.412. The minimum absolute atomic E-state index is 0.412. The largest absolute Gasteiger partial charge is 0.487 e. The van der Waals surface area contributed by atoms with Gasteiger partial charge in [0, 0.05) is 0 Å². The fraction of sp³-hybridized carbons (Fsp3) is 0.0526. The third kappa shape index (κ3) is 3.84. The Hall–Kier alpha value is -2.36. The van der Waals surface area contributed by atoms with Crippen molar-refractivity contribution in [2.24, 2.45) is 0 Å². The lowest BCUT2D eigenvalue weighted by Gasteiger charge is -2.09. The number of halogens is 2. The lowest BCUT2D eigenvalue weighted by Crippen LogP contribution is -1.95. The Bertz CT molecular complexity index is 959. The second-order valence-corrected chi connectivity index (χ2v) is 6.89. The van der Waals surface area contributed by atoms with Crippen molar-refractivity contribution in [3.63, 3.8) is 0 Å². The van der Waals surface area contributed by atoms with Crippen molar-refractivity contribution in [2.45, 2.75) is 0 Å². The summed E-state index contributed by atoms with van der Waals surface area (Å²) in [5.74, 6) is 1.24. The lowest BCUT2D eigenvalue weighted by molar-refractivity contribution is 0.358. The van der Waals surface area contributed by atoms with E-state index in [4.69, 9.17) is 4.74 Å². The van der Waals surface area contributed by atoms with Crippen molar-refractivity contribution >= 4 is 54.5 Å². The molecule has 6 heteroatoms. The average Bonchev–Trinajstić information content (AvgIpc) is 3.03. The van der Waals surface area contributed by atoms with Crippen molar-refractivity contribution in [1.82, 2.24) is 9.97 Å². The van der Waals surface area contributed by atoms with Gasteiger partial charge in [-0.3, -0.25) is 0 Å². The van der Waals surface area contributed by atoms with E-state index in [9.17, 15) is 5.26 Å². The van der Waals surface area contributed by atoms with Crippen LogP contribution in [0.2, 0.25) is 0 Å². The summed E-state index contributed by atoms with van der Waals surface area (Å²) in [4.78, 5) is 7.65. The monoisotopic (exact) mass is 457 g/mol. The number of hydrogen-bond donors (Lipinski definition) is 1. The van der Waals surface area contributed by atoms with Gasteiger partial charge in [-0.1, -0.05) is 24.8 Å². The van der Waals surface area contributed by atoms with Crippen LogP contribution in [0, 0.1) is 11.3 Å². The number of para-hydroxylation sites is 2. The van der Waals surface area contributed by atoms with Crippen molar-refractivity contribution < 1.29 is 4.74 Å². The third-order valence-corrected chi connectivity index (χ3v) is 4.62. The highest BCUT2D eigenvalue weighted by Gasteiger charge is 2.11. The predicted molar refractivity (Wildman–Crippen MR) is 107 cm³/mol. The van der Waals surface area contributed by atoms with Crippen molar-refractivity contribution in [1.29, 1.82) is 5.26 Å². The topological polar surface area (TPSA) is 61.7 Å². The number of allylic oxidation sites excluding steroid dienone is 1. The fourth-order valence-electron chi connectivity index (χ4n) is 2.34. The molecule has 0 saturated heterocycles. The number of aromatic nitrogens is 2. The van der Waals surface area contributed by atoms with Crippen LogP contribution >= 0.6 is 31.9 Å². The van der Waals surface area contributed by atoms with E-state index >= 15 is 0 Å². The molecule has 0 bridgehead atoms. The van der Waals surface area contributed by atoms with Gasteiger partial charge in [0.05, 0.1) is 25.6 Å². The second-order valence-electron chi connectivity index (χ2n) is 5.19. The van der Waals surface area contributed by atoms with E-state index in [0.29, 0.717) is 23.8 Å². The third-order valence-electron chi connectivity index (χ3n) is 3.44. The number of aromatic amines is 1. The number of nitrogens with one attached hydrogen (secondary N) is 1. The number of fused-ring (bicyclic) bond motifs is 1. The number of nitriles is 1. The molecule has 1 heterocycles. The number of imidazole rings is 1. The molecule has 4 nitrogen and oxygen atoms in total. The molecule has 3 aromatic rings. The summed E-state index contributed by atoms with van der Waals surface area (Å²) >= 11 is 7.00. The normalized spacial score (nSPS) is 11.3. The molecule has 0 aliphatic heterocycles. The van der Waals surface area contributed by atoms with Crippen LogP contribution in [0.3, 0.4) is 0 Å². The molecule has 0 aliphatic carbocycles. The molecule has 1 aromatic heterocycles. The number of ether oxygens (including phenoxy) is 1. The molecule has 2 aromatic carbocycles. The zero-order valence-electron chi connectivity index (χ0n) is 13.1. The Morgan fingerprint density at radius 1 is 1.28 bits per heavy atom. The van der Waals surface area contributed by atoms with Crippen LogP contribution in [0.5, 0.6) is 5.75 Å². The van der Waals surface area contributed by atoms with Gasteiger partial charge < -0.3 is 9.72 Å². The fourth-order valence-corrected chi connectivity index (χ4v) is 3.79. The number of hydrogen-bond acceptors (Lipinski definition) is 3. The number of H-pyrrole nitrogens is 1. The first-order valence-corrected chi connectivity index (χ1v) is 9.00. The number of rotatable bonds is 5. The van der Waals surface area contributed by atoms with Crippen LogP contribution in [0.15, 0.2) is 58.0 Å². The summed E-state index contributed by atoms with van der Waals surface area (Å²) in [6.45, 7) is 4.05. The molecule has 124 valence electrons. The van der Waals surface area contributed by atoms with Gasteiger partial charge in [-0.2, -0.15) is 5.26 Å². The van der Waals surface area contributed by atoms with Gasteiger partial charge in [0.1, 0.15) is 24.3 Å². The first kappa shape index (κ1) is 17.5. The molecule has 3 rings (SSSR count). The molecule has 0 amide bonds. The molecule has 0 fully saturated rings. The summed E-state index contributed by atoms with van der Waals surface area (Å²) in [6.07, 6.45) is 3.46. The van der Waals surface area contributed by atoms with E-state index in [1.54, 1.807) is 12.2 Å². The van der Waals surface area contributed by atoms with Crippen molar-refractivity contribution in [3.05, 3.63) is 69.4 Å². The van der Waals surface area contributed by atoms with Crippen LogP contribution in [0.4, 0.5) is 0 Å². The molecule has 0 unspecified atom stereocenters. The van der Waals surface area contributed by atoms with E-state index in [-0.39, 0.29) is 0 Å². The maximum absolute atomic E-state index is 9.54. The Morgan fingerprint density at radius 3 is 2.64 bits per heavy atom. The molecule has 0 radical (unpaired) electrons. The average molecular weight is 459 g/mol. The first-order valence-electron chi connectivity index (χ1n) is 7.42. The molecule has 25 heavy (non-hydrogen) atoms. The van der Waals surface area contributed by atoms with Gasteiger partial charge >= 0.3 is 0 Å². The SMILES string of the molecule is C=CCOc1c(Br)cc(/C=C(\C#N)c2nc3ccccc3[nH]2)cc1Br. The van der Waals surface area contributed by atoms with E-state index in [0.717, 1.165) is 25.5 Å². The Balaban J connectivity index is 2.00. The Kier molecular flexibility index (Phi) is 5.37. The van der Waals surface area contributed by atoms with Crippen molar-refractivity contribution in [3.8, 4) is 11.8 Å². The highest BCUT2D eigenvalue weighted by atomic mass is 79.9. The first-order chi connectivity index (χ1) is 12.1. The molecule has 0 saturated carbocycles.